The Morgan fingerprint density at radius 3 is 2.16 bits per heavy atom. The van der Waals surface area contributed by atoms with Crippen LogP contribution in [-0.2, 0) is 22.9 Å². The number of amides is 2. The van der Waals surface area contributed by atoms with Crippen molar-refractivity contribution in [2.45, 2.75) is 89.6 Å². The molecule has 0 radical (unpaired) electrons. The maximum atomic E-state index is 14.1. The van der Waals surface area contributed by atoms with Crippen molar-refractivity contribution in [2.24, 2.45) is 0 Å². The summed E-state index contributed by atoms with van der Waals surface area (Å²) in [6.45, 7) is 15.5. The second-order valence-electron chi connectivity index (χ2n) is 23.2. The summed E-state index contributed by atoms with van der Waals surface area (Å²) in [5.74, 6) is 0.982. The quantitative estimate of drug-likeness (QED) is 0.0415. The molecule has 3 fully saturated rings. The molecule has 1 aliphatic carbocycles. The summed E-state index contributed by atoms with van der Waals surface area (Å²) >= 11 is 0. The summed E-state index contributed by atoms with van der Waals surface area (Å²) in [6.07, 6.45) is 5.30. The monoisotopic (exact) mass is 1180 g/mol. The number of nitrogens with one attached hydrogen (secondary N) is 6. The number of likely N-dealkylation sites (N-methyl/N-ethyl adjacent to an activating group) is 1. The number of aryl methyl sites for hydroxylation is 1. The molecule has 0 atom stereocenters. The number of anilines is 8. The molecule has 3 aromatic carbocycles. The maximum absolute atomic E-state index is 14.1. The number of carbonyl (C=O) groups excluding carboxylic acids is 2. The lowest BCUT2D eigenvalue weighted by atomic mass is 9.85. The number of hydrogen-bond donors (Lipinski definition) is 6. The van der Waals surface area contributed by atoms with Gasteiger partial charge in [-0.3, -0.25) is 14.5 Å². The van der Waals surface area contributed by atoms with Crippen molar-refractivity contribution < 1.29 is 41.3 Å². The van der Waals surface area contributed by atoms with Crippen molar-refractivity contribution >= 4 is 80.3 Å². The molecule has 6 N–H and O–H groups in total. The molecule has 23 nitrogen and oxygen atoms in total. The third kappa shape index (κ3) is 13.7. The van der Waals surface area contributed by atoms with Crippen molar-refractivity contribution in [3.63, 3.8) is 0 Å². The van der Waals surface area contributed by atoms with Crippen LogP contribution in [0.5, 0.6) is 5.75 Å². The van der Waals surface area contributed by atoms with Gasteiger partial charge in [-0.2, -0.15) is 13.2 Å². The number of piperidine rings is 1. The van der Waals surface area contributed by atoms with E-state index >= 15 is 0 Å². The fourth-order valence-electron chi connectivity index (χ4n) is 10.8. The average Bonchev–Trinajstić information content (AvgIpc) is 3.88. The van der Waals surface area contributed by atoms with Crippen molar-refractivity contribution in [3.05, 3.63) is 119 Å². The number of likely N-dealkylation sites (tertiary alicyclic amines) is 1. The number of alkyl halides is 3. The minimum absolute atomic E-state index is 0.0869. The van der Waals surface area contributed by atoms with Gasteiger partial charge in [0.25, 0.3) is 24.0 Å². The lowest BCUT2D eigenvalue weighted by Crippen LogP contribution is -2.55. The molecule has 5 aromatic heterocycles. The zero-order valence-electron chi connectivity index (χ0n) is 49.0. The number of rotatable bonds is 19. The van der Waals surface area contributed by atoms with Crippen LogP contribution in [0, 0.1) is 6.92 Å². The number of ether oxygens (including phenoxy) is 2. The van der Waals surface area contributed by atoms with E-state index in [0.717, 1.165) is 96.3 Å². The van der Waals surface area contributed by atoms with Crippen molar-refractivity contribution in [1.29, 1.82) is 0 Å². The predicted molar refractivity (Wildman–Crippen MR) is 320 cm³/mol. The Morgan fingerprint density at radius 1 is 0.756 bits per heavy atom. The summed E-state index contributed by atoms with van der Waals surface area (Å²) in [6, 6.07) is 16.0. The second-order valence-corrected chi connectivity index (χ2v) is 23.2. The molecular formula is C60H70F3N18O5+. The highest BCUT2D eigenvalue weighted by atomic mass is 19.4. The number of hydrogen-bond acceptors (Lipinski definition) is 20. The van der Waals surface area contributed by atoms with E-state index in [1.54, 1.807) is 62.2 Å². The lowest BCUT2D eigenvalue weighted by molar-refractivity contribution is -0.665. The van der Waals surface area contributed by atoms with Gasteiger partial charge in [-0.25, -0.2) is 34.5 Å². The Labute approximate surface area is 494 Å². The number of aromatic nitrogens is 9. The Kier molecular flexibility index (Phi) is 17.2. The molecule has 2 amide bonds. The summed E-state index contributed by atoms with van der Waals surface area (Å²) < 4.78 is 60.1. The molecule has 26 heteroatoms. The Balaban J connectivity index is 0.925. The number of carbonyl (C=O) groups is 2. The summed E-state index contributed by atoms with van der Waals surface area (Å²) in [4.78, 5) is 68.7. The fraction of sp³-hybridized carbons (Fsp3) is 0.417. The zero-order valence-corrected chi connectivity index (χ0v) is 49.0. The molecule has 2 saturated heterocycles. The van der Waals surface area contributed by atoms with E-state index in [4.69, 9.17) is 33.9 Å². The van der Waals surface area contributed by atoms with Crippen LogP contribution in [-0.4, -0.2) is 158 Å². The molecular weight excluding hydrogens is 1110 g/mol. The van der Waals surface area contributed by atoms with Crippen LogP contribution in [0.3, 0.4) is 0 Å². The summed E-state index contributed by atoms with van der Waals surface area (Å²) in [5, 5.41) is 23.5. The second kappa shape index (κ2) is 25.1. The average molecular weight is 1180 g/mol. The highest BCUT2D eigenvalue weighted by Gasteiger charge is 2.36. The van der Waals surface area contributed by atoms with Crippen molar-refractivity contribution in [1.82, 2.24) is 54.7 Å². The highest BCUT2D eigenvalue weighted by Crippen LogP contribution is 2.38. The fourth-order valence-corrected chi connectivity index (χ4v) is 10.8. The molecule has 450 valence electrons. The molecule has 0 unspecified atom stereocenters. The number of benzene rings is 3. The van der Waals surface area contributed by atoms with Gasteiger partial charge in [-0.05, 0) is 92.7 Å². The lowest BCUT2D eigenvalue weighted by Gasteiger charge is -2.46. The van der Waals surface area contributed by atoms with Gasteiger partial charge >= 0.3 is 6.18 Å². The normalized spacial score (nSPS) is 17.3. The molecule has 0 spiro atoms. The van der Waals surface area contributed by atoms with Crippen molar-refractivity contribution in [2.75, 3.05) is 106 Å². The number of methoxy groups -OCH3 is 2. The topological polar surface area (TPSA) is 255 Å². The van der Waals surface area contributed by atoms with Gasteiger partial charge in [0.1, 0.15) is 35.4 Å². The van der Waals surface area contributed by atoms with Crippen LogP contribution in [0.4, 0.5) is 59.6 Å². The van der Waals surface area contributed by atoms with E-state index in [9.17, 15) is 22.8 Å². The van der Waals surface area contributed by atoms with E-state index in [-0.39, 0.29) is 47.0 Å². The van der Waals surface area contributed by atoms with Gasteiger partial charge < -0.3 is 55.7 Å². The van der Waals surface area contributed by atoms with E-state index < -0.39 is 17.6 Å². The molecule has 8 aromatic rings. The predicted octanol–water partition coefficient (Wildman–Crippen LogP) is 8.42. The smallest absolute Gasteiger partial charge is 0.420 e. The first-order valence-electron chi connectivity index (χ1n) is 28.7. The summed E-state index contributed by atoms with van der Waals surface area (Å²) in [7, 11) is 5.00. The van der Waals surface area contributed by atoms with Gasteiger partial charge in [-0.1, -0.05) is 38.1 Å². The van der Waals surface area contributed by atoms with E-state index in [1.165, 1.54) is 12.4 Å². The molecule has 11 rings (SSSR count). The SMILES string of the molecule is COCCN1CCC(Nc2ncc3c(n2)c(Nc2cc(C(=O)Nc4cc(C(C)(C)C)on4)ccc2C)nc[n+]3Cc2ccc(C(=O)Nc3ccc(OC)c(C(F)(F)F)c3)cc2Nc2ncnc3cnc(NC4CC(N5CCN(C)CC5)C4)nc23)CC1. The van der Waals surface area contributed by atoms with E-state index in [2.05, 4.69) is 73.8 Å². The standard InChI is InChI=1S/C60H69F3N18O5/c1-35-8-9-36(56(83)74-50-29-49(86-77-50)59(2,3)4)24-44(35)72-54-52-47(31-65-58(76-52)70-39-14-16-79(17-15-39)22-23-84-6)81(34-68-54)32-38-11-10-37(55(82)69-40-12-13-48(85-7)43(28-40)60(61,62)63)25-45(38)73-53-51-46(66-33-67-53)30-64-57(75-51)71-41-26-42(27-41)80-20-18-78(5)19-21-80/h8-13,24-25,28-31,33-34,39,41-42H,14-23,26-27,32H2,1-7H3,(H5,64,65,66,67,69,70,71,72,73,74,75,76,77,82,83)/p+1. The highest BCUT2D eigenvalue weighted by molar-refractivity contribution is 6.06. The largest absolute Gasteiger partial charge is 0.496 e. The number of halogens is 3. The van der Waals surface area contributed by atoms with Gasteiger partial charge in [0.05, 0.1) is 31.7 Å². The van der Waals surface area contributed by atoms with Crippen LogP contribution >= 0.6 is 0 Å². The Bertz CT molecular complexity index is 3760. The molecule has 7 heterocycles. The first-order chi connectivity index (χ1) is 41.3. The molecule has 1 saturated carbocycles. The van der Waals surface area contributed by atoms with E-state index in [0.29, 0.717) is 92.3 Å². The molecule has 86 heavy (non-hydrogen) atoms. The van der Waals surface area contributed by atoms with Crippen LogP contribution in [0.2, 0.25) is 0 Å². The van der Waals surface area contributed by atoms with Gasteiger partial charge in [0.2, 0.25) is 11.9 Å². The first kappa shape index (κ1) is 59.0. The third-order valence-corrected chi connectivity index (χ3v) is 16.0. The molecule has 3 aliphatic rings. The minimum Gasteiger partial charge on any atom is -0.496 e. The van der Waals surface area contributed by atoms with Crippen LogP contribution in [0.15, 0.2) is 90.2 Å². The molecule has 2 aliphatic heterocycles. The van der Waals surface area contributed by atoms with Gasteiger partial charge in [-0.15, -0.1) is 0 Å². The minimum atomic E-state index is -4.75. The summed E-state index contributed by atoms with van der Waals surface area (Å²) in [5.41, 5.74) is 3.43. The van der Waals surface area contributed by atoms with E-state index in [1.807, 2.05) is 38.3 Å². The van der Waals surface area contributed by atoms with Crippen molar-refractivity contribution in [3.8, 4) is 5.75 Å². The zero-order chi connectivity index (χ0) is 60.3. The first-order valence-corrected chi connectivity index (χ1v) is 28.7. The van der Waals surface area contributed by atoms with Crippen LogP contribution in [0.25, 0.3) is 22.1 Å². The maximum Gasteiger partial charge on any atom is 0.420 e. The molecule has 0 bridgehead atoms. The number of piperazine rings is 1. The number of nitrogens with zero attached hydrogens (tertiary/aromatic N) is 12. The third-order valence-electron chi connectivity index (χ3n) is 16.0. The number of fused-ring (bicyclic) bond motifs is 2. The van der Waals surface area contributed by atoms with Crippen LogP contribution < -0.4 is 41.2 Å². The van der Waals surface area contributed by atoms with Gasteiger partial charge in [0.15, 0.2) is 22.7 Å². The van der Waals surface area contributed by atoms with Gasteiger partial charge in [0, 0.05) is 116 Å². The van der Waals surface area contributed by atoms with Crippen LogP contribution in [0.1, 0.15) is 89.6 Å². The Morgan fingerprint density at radius 2 is 1.44 bits per heavy atom. The Hall–Kier alpha value is -8.72.